The van der Waals surface area contributed by atoms with Crippen LogP contribution < -0.4 is 5.32 Å². The number of thiophene rings is 1. The Morgan fingerprint density at radius 3 is 2.83 bits per heavy atom. The third kappa shape index (κ3) is 6.14. The van der Waals surface area contributed by atoms with Gasteiger partial charge in [0.25, 0.3) is 0 Å². The molecule has 0 saturated carbocycles. The maximum absolute atomic E-state index is 5.34. The van der Waals surface area contributed by atoms with Crippen molar-refractivity contribution >= 4 is 41.3 Å². The van der Waals surface area contributed by atoms with Crippen LogP contribution in [0, 0.1) is 0 Å². The van der Waals surface area contributed by atoms with Crippen molar-refractivity contribution in [2.45, 2.75) is 39.8 Å². The van der Waals surface area contributed by atoms with Crippen LogP contribution in [0.15, 0.2) is 32.4 Å². The number of nitrogens with one attached hydrogen (secondary N) is 1. The van der Waals surface area contributed by atoms with E-state index in [1.807, 2.05) is 13.1 Å². The van der Waals surface area contributed by atoms with Gasteiger partial charge in [-0.15, -0.1) is 24.0 Å². The fourth-order valence-electron chi connectivity index (χ4n) is 2.03. The summed E-state index contributed by atoms with van der Waals surface area (Å²) in [5.74, 6) is 2.04. The zero-order chi connectivity index (χ0) is 15.9. The highest BCUT2D eigenvalue weighted by Gasteiger charge is 2.10. The zero-order valence-electron chi connectivity index (χ0n) is 14.1. The third-order valence-electron chi connectivity index (χ3n) is 3.25. The van der Waals surface area contributed by atoms with Crippen LogP contribution in [0.3, 0.4) is 0 Å². The molecule has 2 heterocycles. The molecule has 0 atom stereocenters. The summed E-state index contributed by atoms with van der Waals surface area (Å²) in [6.45, 7) is 8.44. The van der Waals surface area contributed by atoms with Gasteiger partial charge in [-0.25, -0.2) is 4.99 Å². The van der Waals surface area contributed by atoms with E-state index in [2.05, 4.69) is 58.0 Å². The van der Waals surface area contributed by atoms with Crippen LogP contribution >= 0.6 is 35.3 Å². The lowest BCUT2D eigenvalue weighted by Crippen LogP contribution is -2.38. The van der Waals surface area contributed by atoms with E-state index in [0.29, 0.717) is 12.5 Å². The first-order chi connectivity index (χ1) is 10.6. The number of rotatable bonds is 6. The average Bonchev–Trinajstić information content (AvgIpc) is 3.14. The molecular formula is C16H25IN4OS. The third-order valence-corrected chi connectivity index (χ3v) is 3.98. The molecule has 0 spiro atoms. The van der Waals surface area contributed by atoms with Gasteiger partial charge in [-0.1, -0.05) is 19.0 Å². The topological polar surface area (TPSA) is 53.7 Å². The molecule has 0 aliphatic rings. The summed E-state index contributed by atoms with van der Waals surface area (Å²) in [7, 11) is 2.04. The minimum atomic E-state index is 0. The van der Waals surface area contributed by atoms with Crippen LogP contribution in [-0.2, 0) is 13.1 Å². The molecule has 0 bridgehead atoms. The second-order valence-electron chi connectivity index (χ2n) is 5.53. The monoisotopic (exact) mass is 448 g/mol. The normalized spacial score (nSPS) is 11.4. The highest BCUT2D eigenvalue weighted by molar-refractivity contribution is 14.0. The minimum absolute atomic E-state index is 0. The van der Waals surface area contributed by atoms with Gasteiger partial charge in [0.2, 0.25) is 0 Å². The molecule has 2 aromatic rings. The number of aromatic nitrogens is 1. The highest BCUT2D eigenvalue weighted by atomic mass is 127. The number of hydrogen-bond donors (Lipinski definition) is 1. The summed E-state index contributed by atoms with van der Waals surface area (Å²) in [5.41, 5.74) is 2.27. The van der Waals surface area contributed by atoms with Gasteiger partial charge >= 0.3 is 0 Å². The molecule has 7 heteroatoms. The number of nitrogens with zero attached hydrogens (tertiary/aromatic N) is 3. The maximum Gasteiger partial charge on any atom is 0.194 e. The van der Waals surface area contributed by atoms with E-state index in [1.165, 1.54) is 5.56 Å². The Morgan fingerprint density at radius 2 is 2.26 bits per heavy atom. The average molecular weight is 448 g/mol. The first-order valence-electron chi connectivity index (χ1n) is 7.56. The van der Waals surface area contributed by atoms with Gasteiger partial charge in [0.05, 0.1) is 5.69 Å². The molecule has 0 saturated heterocycles. The second kappa shape index (κ2) is 9.92. The molecule has 0 unspecified atom stereocenters. The van der Waals surface area contributed by atoms with Crippen LogP contribution in [0.2, 0.25) is 0 Å². The Labute approximate surface area is 159 Å². The Morgan fingerprint density at radius 1 is 1.48 bits per heavy atom. The molecule has 0 radical (unpaired) electrons. The van der Waals surface area contributed by atoms with Crippen LogP contribution in [-0.4, -0.2) is 29.6 Å². The Hall–Kier alpha value is -1.09. The van der Waals surface area contributed by atoms with Gasteiger partial charge in [0, 0.05) is 26.2 Å². The van der Waals surface area contributed by atoms with Crippen molar-refractivity contribution in [1.82, 2.24) is 15.4 Å². The summed E-state index contributed by atoms with van der Waals surface area (Å²) >= 11 is 1.71. The predicted molar refractivity (Wildman–Crippen MR) is 107 cm³/mol. The van der Waals surface area contributed by atoms with Crippen LogP contribution in [0.25, 0.3) is 0 Å². The Bertz CT molecular complexity index is 595. The first-order valence-corrected chi connectivity index (χ1v) is 8.50. The van der Waals surface area contributed by atoms with Gasteiger partial charge in [-0.2, -0.15) is 11.3 Å². The fourth-order valence-corrected chi connectivity index (χ4v) is 2.69. The molecule has 1 N–H and O–H groups in total. The minimum Gasteiger partial charge on any atom is -0.359 e. The van der Waals surface area contributed by atoms with Gasteiger partial charge in [0.15, 0.2) is 11.7 Å². The number of hydrogen-bond acceptors (Lipinski definition) is 4. The van der Waals surface area contributed by atoms with Crippen molar-refractivity contribution in [2.75, 3.05) is 13.6 Å². The second-order valence-corrected chi connectivity index (χ2v) is 6.31. The molecule has 2 aromatic heterocycles. The summed E-state index contributed by atoms with van der Waals surface area (Å²) in [6.07, 6.45) is 0. The highest BCUT2D eigenvalue weighted by Crippen LogP contribution is 2.15. The van der Waals surface area contributed by atoms with E-state index in [-0.39, 0.29) is 24.0 Å². The molecule has 0 amide bonds. The molecular weight excluding hydrogens is 423 g/mol. The molecule has 0 aliphatic carbocycles. The van der Waals surface area contributed by atoms with Crippen molar-refractivity contribution in [3.63, 3.8) is 0 Å². The van der Waals surface area contributed by atoms with Crippen molar-refractivity contribution in [3.8, 4) is 0 Å². The van der Waals surface area contributed by atoms with Crippen molar-refractivity contribution < 1.29 is 4.52 Å². The molecule has 0 aromatic carbocycles. The molecule has 0 aliphatic heterocycles. The molecule has 0 fully saturated rings. The molecule has 5 nitrogen and oxygen atoms in total. The lowest BCUT2D eigenvalue weighted by Gasteiger charge is -2.21. The molecule has 2 rings (SSSR count). The largest absolute Gasteiger partial charge is 0.359 e. The quantitative estimate of drug-likeness (QED) is 0.411. The van der Waals surface area contributed by atoms with E-state index >= 15 is 0 Å². The maximum atomic E-state index is 5.34. The van der Waals surface area contributed by atoms with Gasteiger partial charge in [-0.05, 0) is 35.2 Å². The lowest BCUT2D eigenvalue weighted by atomic mass is 10.1. The number of guanidine groups is 1. The van der Waals surface area contributed by atoms with Crippen LogP contribution in [0.4, 0.5) is 0 Å². The summed E-state index contributed by atoms with van der Waals surface area (Å²) in [6, 6.07) is 4.12. The summed E-state index contributed by atoms with van der Waals surface area (Å²) in [4.78, 5) is 6.75. The smallest absolute Gasteiger partial charge is 0.194 e. The SMILES string of the molecule is CCNC(=NCc1cc(C(C)C)no1)N(C)Cc1ccsc1.I. The van der Waals surface area contributed by atoms with Gasteiger partial charge in [-0.3, -0.25) is 0 Å². The molecule has 23 heavy (non-hydrogen) atoms. The standard InChI is InChI=1S/C16H24N4OS.HI/c1-5-17-16(20(4)10-13-6-7-22-11-13)18-9-14-8-15(12(2)3)19-21-14;/h6-8,11-12H,5,9-10H2,1-4H3,(H,17,18);1H. The van der Waals surface area contributed by atoms with Crippen molar-refractivity contribution in [2.24, 2.45) is 4.99 Å². The van der Waals surface area contributed by atoms with Crippen LogP contribution in [0.5, 0.6) is 0 Å². The van der Waals surface area contributed by atoms with Gasteiger partial charge < -0.3 is 14.7 Å². The predicted octanol–water partition coefficient (Wildman–Crippen LogP) is 4.08. The van der Waals surface area contributed by atoms with Crippen LogP contribution in [0.1, 0.15) is 43.7 Å². The van der Waals surface area contributed by atoms with E-state index < -0.39 is 0 Å². The van der Waals surface area contributed by atoms with Gasteiger partial charge in [0.1, 0.15) is 6.54 Å². The summed E-state index contributed by atoms with van der Waals surface area (Å²) < 4.78 is 5.34. The summed E-state index contributed by atoms with van der Waals surface area (Å²) in [5, 5.41) is 11.6. The van der Waals surface area contributed by atoms with E-state index in [0.717, 1.165) is 30.5 Å². The number of halogens is 1. The van der Waals surface area contributed by atoms with Crippen molar-refractivity contribution in [1.29, 1.82) is 0 Å². The molecule has 128 valence electrons. The Balaban J connectivity index is 0.00000264. The zero-order valence-corrected chi connectivity index (χ0v) is 17.2. The van der Waals surface area contributed by atoms with E-state index in [1.54, 1.807) is 11.3 Å². The van der Waals surface area contributed by atoms with Crippen molar-refractivity contribution in [3.05, 3.63) is 39.9 Å². The Kier molecular flexibility index (Phi) is 8.60. The number of aliphatic imine (C=N–C) groups is 1. The lowest BCUT2D eigenvalue weighted by molar-refractivity contribution is 0.375. The van der Waals surface area contributed by atoms with E-state index in [4.69, 9.17) is 4.52 Å². The van der Waals surface area contributed by atoms with E-state index in [9.17, 15) is 0 Å². The first kappa shape index (κ1) is 20.0. The fraction of sp³-hybridized carbons (Fsp3) is 0.500.